The molecule has 0 saturated carbocycles. The third-order valence-corrected chi connectivity index (χ3v) is 5.77. The summed E-state index contributed by atoms with van der Waals surface area (Å²) in [5.41, 5.74) is 0. The lowest BCUT2D eigenvalue weighted by Gasteiger charge is -2.39. The Kier molecular flexibility index (Phi) is 18.4. The van der Waals surface area contributed by atoms with E-state index in [4.69, 9.17) is 19.3 Å². The molecule has 1 fully saturated rings. The van der Waals surface area contributed by atoms with E-state index in [-0.39, 0.29) is 19.6 Å². The van der Waals surface area contributed by atoms with E-state index in [1.54, 1.807) is 0 Å². The third-order valence-electron chi connectivity index (χ3n) is 5.77. The molecule has 0 aromatic carbocycles. The molecule has 208 valence electrons. The minimum Gasteiger partial charge on any atom is -0.463 e. The number of esters is 1. The number of aliphatic hydroxyl groups is 5. The molecule has 36 heavy (non-hydrogen) atoms. The highest BCUT2D eigenvalue weighted by atomic mass is 16.7. The van der Waals surface area contributed by atoms with Crippen LogP contribution in [0.3, 0.4) is 0 Å². The van der Waals surface area contributed by atoms with E-state index < -0.39 is 49.4 Å². The van der Waals surface area contributed by atoms with Gasteiger partial charge in [-0.2, -0.15) is 0 Å². The van der Waals surface area contributed by atoms with Crippen molar-refractivity contribution in [2.45, 2.75) is 108 Å². The van der Waals surface area contributed by atoms with E-state index in [0.29, 0.717) is 0 Å². The molecule has 0 amide bonds. The van der Waals surface area contributed by atoms with Crippen molar-refractivity contribution >= 4 is 5.97 Å². The summed E-state index contributed by atoms with van der Waals surface area (Å²) in [6, 6.07) is 0. The predicted octanol–water partition coefficient (Wildman–Crippen LogP) is 2.30. The molecular weight excluding hydrogens is 468 g/mol. The summed E-state index contributed by atoms with van der Waals surface area (Å²) in [5.74, 6) is -0.400. The fourth-order valence-electron chi connectivity index (χ4n) is 3.61. The van der Waals surface area contributed by atoms with E-state index >= 15 is 0 Å². The van der Waals surface area contributed by atoms with Gasteiger partial charge in [0.2, 0.25) is 0 Å². The van der Waals surface area contributed by atoms with Crippen LogP contribution in [-0.4, -0.2) is 88.1 Å². The first-order valence-electron chi connectivity index (χ1n) is 13.1. The summed E-state index contributed by atoms with van der Waals surface area (Å²) >= 11 is 0. The van der Waals surface area contributed by atoms with Crippen molar-refractivity contribution in [1.29, 1.82) is 0 Å². The third kappa shape index (κ3) is 14.2. The Morgan fingerprint density at radius 3 is 2.19 bits per heavy atom. The van der Waals surface area contributed by atoms with Crippen molar-refractivity contribution in [3.05, 3.63) is 36.5 Å². The van der Waals surface area contributed by atoms with Gasteiger partial charge in [-0.15, -0.1) is 0 Å². The highest BCUT2D eigenvalue weighted by Gasteiger charge is 2.44. The van der Waals surface area contributed by atoms with Crippen LogP contribution in [0.15, 0.2) is 36.5 Å². The Morgan fingerprint density at radius 2 is 1.50 bits per heavy atom. The van der Waals surface area contributed by atoms with Crippen LogP contribution >= 0.6 is 0 Å². The number of rotatable bonds is 19. The van der Waals surface area contributed by atoms with Crippen molar-refractivity contribution in [2.24, 2.45) is 0 Å². The summed E-state index contributed by atoms with van der Waals surface area (Å²) in [7, 11) is 0. The van der Waals surface area contributed by atoms with Gasteiger partial charge < -0.3 is 39.7 Å². The number of carbonyl (C=O) groups is 1. The highest BCUT2D eigenvalue weighted by molar-refractivity contribution is 5.69. The summed E-state index contributed by atoms with van der Waals surface area (Å²) < 4.78 is 15.5. The molecule has 0 aliphatic carbocycles. The zero-order valence-corrected chi connectivity index (χ0v) is 21.5. The van der Waals surface area contributed by atoms with Crippen molar-refractivity contribution in [1.82, 2.24) is 0 Å². The zero-order chi connectivity index (χ0) is 26.6. The van der Waals surface area contributed by atoms with E-state index in [9.17, 15) is 25.2 Å². The maximum Gasteiger partial charge on any atom is 0.305 e. The molecule has 1 saturated heterocycles. The average Bonchev–Trinajstić information content (AvgIpc) is 2.88. The lowest BCUT2D eigenvalue weighted by molar-refractivity contribution is -0.305. The second-order valence-corrected chi connectivity index (χ2v) is 8.97. The SMILES string of the molecule is CC/C=C/C/C=C/C/C=C/CCCCCCCC(=O)OCC(O)COC1OC(CO)C(O)C(O)C1O. The molecule has 1 rings (SSSR count). The number of hydrogen-bond donors (Lipinski definition) is 5. The summed E-state index contributed by atoms with van der Waals surface area (Å²) in [5, 5.41) is 48.5. The van der Waals surface area contributed by atoms with Crippen LogP contribution in [0, 0.1) is 0 Å². The first kappa shape index (κ1) is 32.4. The molecule has 0 radical (unpaired) electrons. The first-order valence-corrected chi connectivity index (χ1v) is 13.1. The smallest absolute Gasteiger partial charge is 0.305 e. The monoisotopic (exact) mass is 514 g/mol. The van der Waals surface area contributed by atoms with Gasteiger partial charge in [0.25, 0.3) is 0 Å². The van der Waals surface area contributed by atoms with Crippen LogP contribution in [0.4, 0.5) is 0 Å². The van der Waals surface area contributed by atoms with Gasteiger partial charge in [-0.1, -0.05) is 62.6 Å². The molecule has 6 unspecified atom stereocenters. The van der Waals surface area contributed by atoms with E-state index in [0.717, 1.165) is 57.8 Å². The highest BCUT2D eigenvalue weighted by Crippen LogP contribution is 2.22. The lowest BCUT2D eigenvalue weighted by atomic mass is 9.99. The fraction of sp³-hybridized carbons (Fsp3) is 0.741. The van der Waals surface area contributed by atoms with E-state index in [2.05, 4.69) is 43.4 Å². The Morgan fingerprint density at radius 1 is 0.861 bits per heavy atom. The number of ether oxygens (including phenoxy) is 3. The molecule has 1 aliphatic rings. The minimum absolute atomic E-state index is 0.271. The van der Waals surface area contributed by atoms with Gasteiger partial charge in [-0.05, 0) is 38.5 Å². The first-order chi connectivity index (χ1) is 17.4. The van der Waals surface area contributed by atoms with Gasteiger partial charge in [0.15, 0.2) is 6.29 Å². The number of aliphatic hydroxyl groups excluding tert-OH is 5. The van der Waals surface area contributed by atoms with E-state index in [1.807, 2.05) is 0 Å². The van der Waals surface area contributed by atoms with Crippen molar-refractivity contribution in [3.63, 3.8) is 0 Å². The summed E-state index contributed by atoms with van der Waals surface area (Å²) in [6.45, 7) is 0.964. The minimum atomic E-state index is -1.56. The quantitative estimate of drug-likeness (QED) is 0.0995. The van der Waals surface area contributed by atoms with Gasteiger partial charge in [-0.3, -0.25) is 4.79 Å². The second-order valence-electron chi connectivity index (χ2n) is 8.97. The molecule has 0 spiro atoms. The molecule has 1 heterocycles. The zero-order valence-electron chi connectivity index (χ0n) is 21.5. The van der Waals surface area contributed by atoms with Gasteiger partial charge in [0, 0.05) is 6.42 Å². The van der Waals surface area contributed by atoms with Crippen LogP contribution in [0.2, 0.25) is 0 Å². The van der Waals surface area contributed by atoms with Crippen LogP contribution < -0.4 is 0 Å². The normalized spacial score (nSPS) is 25.8. The van der Waals surface area contributed by atoms with Crippen molar-refractivity contribution < 1.29 is 44.5 Å². The Balaban J connectivity index is 2.02. The molecule has 0 aromatic heterocycles. The fourth-order valence-corrected chi connectivity index (χ4v) is 3.61. The van der Waals surface area contributed by atoms with Crippen molar-refractivity contribution in [3.8, 4) is 0 Å². The molecule has 1 aliphatic heterocycles. The number of carbonyl (C=O) groups excluding carboxylic acids is 1. The number of hydrogen-bond acceptors (Lipinski definition) is 9. The maximum absolute atomic E-state index is 11.9. The largest absolute Gasteiger partial charge is 0.463 e. The van der Waals surface area contributed by atoms with Gasteiger partial charge in [0.05, 0.1) is 13.2 Å². The standard InChI is InChI=1S/C27H46O9/c1-2-3-4-5-6-7-8-9-10-11-12-13-14-15-16-17-23(30)34-19-21(29)20-35-27-26(33)25(32)24(31)22(18-28)36-27/h3-4,6-7,9-10,21-22,24-29,31-33H,2,5,8,11-20H2,1H3/b4-3+,7-6+,10-9+. The molecule has 0 aromatic rings. The van der Waals surface area contributed by atoms with Crippen LogP contribution in [0.25, 0.3) is 0 Å². The Hall–Kier alpha value is -1.59. The van der Waals surface area contributed by atoms with Gasteiger partial charge in [0.1, 0.15) is 37.1 Å². The second kappa shape index (κ2) is 20.5. The summed E-state index contributed by atoms with van der Waals surface area (Å²) in [6.07, 6.45) is 14.3. The van der Waals surface area contributed by atoms with E-state index in [1.165, 1.54) is 0 Å². The molecular formula is C27H46O9. The molecule has 9 heteroatoms. The molecule has 5 N–H and O–H groups in total. The Bertz CT molecular complexity index is 647. The average molecular weight is 515 g/mol. The predicted molar refractivity (Wildman–Crippen MR) is 136 cm³/mol. The van der Waals surface area contributed by atoms with Gasteiger partial charge >= 0.3 is 5.97 Å². The number of unbranched alkanes of at least 4 members (excludes halogenated alkanes) is 5. The van der Waals surface area contributed by atoms with Crippen LogP contribution in [0.1, 0.15) is 71.1 Å². The molecule has 0 bridgehead atoms. The van der Waals surface area contributed by atoms with Crippen molar-refractivity contribution in [2.75, 3.05) is 19.8 Å². The molecule has 6 atom stereocenters. The number of allylic oxidation sites excluding steroid dienone is 6. The van der Waals surface area contributed by atoms with Gasteiger partial charge in [-0.25, -0.2) is 0 Å². The van der Waals surface area contributed by atoms with Crippen LogP contribution in [0.5, 0.6) is 0 Å². The molecule has 9 nitrogen and oxygen atoms in total. The maximum atomic E-state index is 11.9. The topological polar surface area (TPSA) is 146 Å². The Labute approximate surface area is 215 Å². The summed E-state index contributed by atoms with van der Waals surface area (Å²) in [4.78, 5) is 11.9. The lowest BCUT2D eigenvalue weighted by Crippen LogP contribution is -2.59. The van der Waals surface area contributed by atoms with Crippen LogP contribution in [-0.2, 0) is 19.0 Å².